The molecular weight excluding hydrogens is 420 g/mol. The topological polar surface area (TPSA) is 120 Å². The van der Waals surface area contributed by atoms with Crippen LogP contribution in [0.1, 0.15) is 17.3 Å². The summed E-state index contributed by atoms with van der Waals surface area (Å²) in [6.07, 6.45) is 0. The van der Waals surface area contributed by atoms with Crippen molar-refractivity contribution < 1.29 is 17.4 Å². The van der Waals surface area contributed by atoms with Gasteiger partial charge in [0, 0.05) is 18.0 Å². The molecule has 2 heterocycles. The van der Waals surface area contributed by atoms with Gasteiger partial charge in [0.15, 0.2) is 11.4 Å². The molecule has 0 fully saturated rings. The number of aromatic nitrogens is 3. The van der Waals surface area contributed by atoms with E-state index < -0.39 is 15.8 Å². The van der Waals surface area contributed by atoms with Crippen molar-refractivity contribution in [2.24, 2.45) is 0 Å². The van der Waals surface area contributed by atoms with Crippen LogP contribution in [0.2, 0.25) is 5.02 Å². The summed E-state index contributed by atoms with van der Waals surface area (Å²) in [4.78, 5) is 16.2. The van der Waals surface area contributed by atoms with Crippen molar-refractivity contribution in [2.45, 2.75) is 25.3 Å². The van der Waals surface area contributed by atoms with Crippen LogP contribution in [0.15, 0.2) is 55.0 Å². The zero-order valence-corrected chi connectivity index (χ0v) is 16.9. The van der Waals surface area contributed by atoms with E-state index in [-0.39, 0.29) is 17.0 Å². The summed E-state index contributed by atoms with van der Waals surface area (Å²) in [6.45, 7) is 3.38. The van der Waals surface area contributed by atoms with Crippen LogP contribution in [0, 0.1) is 13.8 Å². The molecule has 4 rings (SSSR count). The summed E-state index contributed by atoms with van der Waals surface area (Å²) < 4.78 is 39.5. The molecule has 0 saturated heterocycles. The van der Waals surface area contributed by atoms with E-state index in [1.807, 2.05) is 0 Å². The Morgan fingerprint density at radius 1 is 1.21 bits per heavy atom. The summed E-state index contributed by atoms with van der Waals surface area (Å²) in [7, 11) is -3.92. The van der Waals surface area contributed by atoms with E-state index in [0.717, 1.165) is 0 Å². The van der Waals surface area contributed by atoms with E-state index >= 15 is 0 Å². The van der Waals surface area contributed by atoms with Crippen molar-refractivity contribution >= 4 is 38.4 Å². The molecule has 1 N–H and O–H groups in total. The second kappa shape index (κ2) is 7.05. The first-order valence-electron chi connectivity index (χ1n) is 8.45. The highest BCUT2D eigenvalue weighted by Crippen LogP contribution is 2.26. The lowest BCUT2D eigenvalue weighted by molar-refractivity contribution is 0.385. The zero-order chi connectivity index (χ0) is 20.8. The highest BCUT2D eigenvalue weighted by molar-refractivity contribution is 7.92. The third kappa shape index (κ3) is 3.64. The lowest BCUT2D eigenvalue weighted by Gasteiger charge is -2.11. The quantitative estimate of drug-likeness (QED) is 0.512. The van der Waals surface area contributed by atoms with Gasteiger partial charge < -0.3 is 8.94 Å². The molecule has 0 saturated carbocycles. The molecule has 9 nitrogen and oxygen atoms in total. The van der Waals surface area contributed by atoms with E-state index in [1.165, 1.54) is 22.8 Å². The molecule has 0 amide bonds. The lowest BCUT2D eigenvalue weighted by atomic mass is 10.2. The van der Waals surface area contributed by atoms with Gasteiger partial charge in [-0.25, -0.2) is 13.2 Å². The number of nitrogens with one attached hydrogen (secondary N) is 1. The van der Waals surface area contributed by atoms with Gasteiger partial charge in [0.1, 0.15) is 0 Å². The number of halogens is 1. The standard InChI is InChI=1S/C18H15ClN4O5S/c1-10-13(19)4-3-5-14(10)22-29(25,26)12-6-7-15-16(8-12)27-18(24)23(15)9-17-20-11(2)28-21-17/h3-8,22H,9H2,1-2H3. The van der Waals surface area contributed by atoms with Crippen molar-refractivity contribution in [3.8, 4) is 0 Å². The van der Waals surface area contributed by atoms with Gasteiger partial charge in [0.05, 0.1) is 22.6 Å². The number of hydrogen-bond donors (Lipinski definition) is 1. The molecule has 0 aliphatic rings. The third-order valence-electron chi connectivity index (χ3n) is 4.33. The molecule has 2 aromatic heterocycles. The molecule has 0 unspecified atom stereocenters. The van der Waals surface area contributed by atoms with Gasteiger partial charge in [-0.15, -0.1) is 0 Å². The molecule has 4 aromatic rings. The third-order valence-corrected chi connectivity index (χ3v) is 6.10. The molecule has 0 atom stereocenters. The number of rotatable bonds is 5. The Kier molecular flexibility index (Phi) is 4.67. The summed E-state index contributed by atoms with van der Waals surface area (Å²) in [5.74, 6) is 0.0226. The predicted molar refractivity (Wildman–Crippen MR) is 106 cm³/mol. The van der Waals surface area contributed by atoms with Crippen LogP contribution in [0.5, 0.6) is 0 Å². The second-order valence-corrected chi connectivity index (χ2v) is 8.42. The van der Waals surface area contributed by atoms with Gasteiger partial charge >= 0.3 is 5.76 Å². The largest absolute Gasteiger partial charge is 0.420 e. The van der Waals surface area contributed by atoms with E-state index in [0.29, 0.717) is 33.5 Å². The van der Waals surface area contributed by atoms with Gasteiger partial charge in [-0.1, -0.05) is 22.8 Å². The van der Waals surface area contributed by atoms with Crippen LogP contribution in [-0.2, 0) is 16.6 Å². The fourth-order valence-corrected chi connectivity index (χ4v) is 4.14. The Morgan fingerprint density at radius 2 is 2.00 bits per heavy atom. The van der Waals surface area contributed by atoms with E-state index in [1.54, 1.807) is 32.0 Å². The summed E-state index contributed by atoms with van der Waals surface area (Å²) in [6, 6.07) is 9.10. The lowest BCUT2D eigenvalue weighted by Crippen LogP contribution is -2.16. The van der Waals surface area contributed by atoms with Crippen molar-refractivity contribution in [1.29, 1.82) is 0 Å². The van der Waals surface area contributed by atoms with E-state index in [4.69, 9.17) is 20.5 Å². The normalized spacial score (nSPS) is 11.8. The molecule has 0 spiro atoms. The Balaban J connectivity index is 1.70. The molecule has 0 aliphatic carbocycles. The number of oxazole rings is 1. The highest BCUT2D eigenvalue weighted by atomic mass is 35.5. The number of sulfonamides is 1. The SMILES string of the molecule is Cc1nc(Cn2c(=O)oc3cc(S(=O)(=O)Nc4cccc(Cl)c4C)ccc32)no1. The van der Waals surface area contributed by atoms with Gasteiger partial charge in [0.2, 0.25) is 5.89 Å². The van der Waals surface area contributed by atoms with Gasteiger partial charge in [-0.05, 0) is 36.8 Å². The average molecular weight is 435 g/mol. The molecule has 150 valence electrons. The molecule has 2 aromatic carbocycles. The van der Waals surface area contributed by atoms with Crippen molar-refractivity contribution in [3.05, 3.63) is 69.3 Å². The second-order valence-electron chi connectivity index (χ2n) is 6.33. The highest BCUT2D eigenvalue weighted by Gasteiger charge is 2.20. The molecule has 11 heteroatoms. The molecule has 0 aliphatic heterocycles. The Morgan fingerprint density at radius 3 is 2.72 bits per heavy atom. The minimum absolute atomic E-state index is 0.0369. The molecule has 29 heavy (non-hydrogen) atoms. The van der Waals surface area contributed by atoms with Crippen LogP contribution < -0.4 is 10.5 Å². The number of fused-ring (bicyclic) bond motifs is 1. The Bertz CT molecular complexity index is 1390. The van der Waals surface area contributed by atoms with Crippen LogP contribution in [-0.4, -0.2) is 23.1 Å². The Labute approximate surface area is 170 Å². The van der Waals surface area contributed by atoms with Crippen LogP contribution in [0.25, 0.3) is 11.1 Å². The molecular formula is C18H15ClN4O5S. The summed E-state index contributed by atoms with van der Waals surface area (Å²) in [5, 5.41) is 4.20. The van der Waals surface area contributed by atoms with Crippen LogP contribution in [0.3, 0.4) is 0 Å². The van der Waals surface area contributed by atoms with Crippen LogP contribution >= 0.6 is 11.6 Å². The number of anilines is 1. The maximum atomic E-state index is 12.8. The molecule has 0 bridgehead atoms. The fourth-order valence-electron chi connectivity index (χ4n) is 2.83. The summed E-state index contributed by atoms with van der Waals surface area (Å²) >= 11 is 6.05. The van der Waals surface area contributed by atoms with Gasteiger partial charge in [-0.2, -0.15) is 4.98 Å². The zero-order valence-electron chi connectivity index (χ0n) is 15.3. The first-order chi connectivity index (χ1) is 13.7. The van der Waals surface area contributed by atoms with Crippen molar-refractivity contribution in [2.75, 3.05) is 4.72 Å². The average Bonchev–Trinajstić information content (AvgIpc) is 3.21. The molecule has 0 radical (unpaired) electrons. The van der Waals surface area contributed by atoms with Crippen molar-refractivity contribution in [1.82, 2.24) is 14.7 Å². The number of nitrogens with zero attached hydrogens (tertiary/aromatic N) is 3. The maximum Gasteiger partial charge on any atom is 0.420 e. The van der Waals surface area contributed by atoms with Crippen molar-refractivity contribution in [3.63, 3.8) is 0 Å². The number of hydrogen-bond acceptors (Lipinski definition) is 7. The van der Waals surface area contributed by atoms with Gasteiger partial charge in [0.25, 0.3) is 10.0 Å². The minimum atomic E-state index is -3.92. The summed E-state index contributed by atoms with van der Waals surface area (Å²) in [5.41, 5.74) is 1.51. The number of aryl methyl sites for hydroxylation is 1. The fraction of sp³-hybridized carbons (Fsp3) is 0.167. The first-order valence-corrected chi connectivity index (χ1v) is 10.3. The monoisotopic (exact) mass is 434 g/mol. The Hall–Kier alpha value is -3.11. The maximum absolute atomic E-state index is 12.8. The minimum Gasteiger partial charge on any atom is -0.408 e. The smallest absolute Gasteiger partial charge is 0.408 e. The van der Waals surface area contributed by atoms with E-state index in [2.05, 4.69) is 14.9 Å². The number of benzene rings is 2. The van der Waals surface area contributed by atoms with E-state index in [9.17, 15) is 13.2 Å². The van der Waals surface area contributed by atoms with Crippen LogP contribution in [0.4, 0.5) is 5.69 Å². The van der Waals surface area contributed by atoms with Gasteiger partial charge in [-0.3, -0.25) is 9.29 Å². The predicted octanol–water partition coefficient (Wildman–Crippen LogP) is 3.10. The first kappa shape index (κ1) is 19.2.